The zero-order valence-corrected chi connectivity index (χ0v) is 22.6. The molecule has 38 heavy (non-hydrogen) atoms. The number of anilines is 1. The lowest BCUT2D eigenvalue weighted by molar-refractivity contribution is -0.150. The highest BCUT2D eigenvalue weighted by Crippen LogP contribution is 2.35. The van der Waals surface area contributed by atoms with E-state index in [1.165, 1.54) is 16.2 Å². The van der Waals surface area contributed by atoms with E-state index in [4.69, 9.17) is 9.15 Å². The molecule has 10 heteroatoms. The Morgan fingerprint density at radius 2 is 1.97 bits per heavy atom. The van der Waals surface area contributed by atoms with Gasteiger partial charge in [-0.1, -0.05) is 39.0 Å². The van der Waals surface area contributed by atoms with Gasteiger partial charge in [-0.15, -0.1) is 11.3 Å². The number of benzene rings is 2. The van der Waals surface area contributed by atoms with Crippen molar-refractivity contribution < 1.29 is 23.8 Å². The van der Waals surface area contributed by atoms with Crippen LogP contribution >= 0.6 is 11.3 Å². The van der Waals surface area contributed by atoms with Gasteiger partial charge in [-0.25, -0.2) is 9.78 Å². The Morgan fingerprint density at radius 1 is 1.18 bits per heavy atom. The number of fused-ring (bicyclic) bond motifs is 1. The number of ether oxygens (including phenoxy) is 1. The summed E-state index contributed by atoms with van der Waals surface area (Å²) in [7, 11) is 1.57. The third kappa shape index (κ3) is 4.60. The Morgan fingerprint density at radius 3 is 2.63 bits per heavy atom. The lowest BCUT2D eigenvalue weighted by atomic mass is 9.85. The number of para-hydroxylation sites is 2. The number of piperazine rings is 1. The monoisotopic (exact) mass is 534 g/mol. The van der Waals surface area contributed by atoms with Crippen molar-refractivity contribution in [2.24, 2.45) is 0 Å². The first kappa shape index (κ1) is 25.7. The fraction of sp³-hybridized carbons (Fsp3) is 0.357. The molecule has 0 bridgehead atoms. The van der Waals surface area contributed by atoms with Gasteiger partial charge >= 0.3 is 5.97 Å². The van der Waals surface area contributed by atoms with E-state index in [0.29, 0.717) is 40.7 Å². The number of amides is 1. The molecule has 4 aromatic rings. The lowest BCUT2D eigenvalue weighted by Crippen LogP contribution is -2.69. The van der Waals surface area contributed by atoms with E-state index in [0.717, 1.165) is 5.56 Å². The Bertz CT molecular complexity index is 1440. The van der Waals surface area contributed by atoms with Crippen LogP contribution in [-0.4, -0.2) is 64.1 Å². The standard InChI is InChI=1S/C28H30N4O5S/c1-27(2,3)20-10-9-18(13-23(20)36-4)24(33)32-12-11-31(26-30-21-7-5-6-8-22(21)37-26)16-28(32,25(34)35)14-19-15-38-17-29-19/h5-10,13,15,17H,11-12,14,16H2,1-4H3,(H,34,35). The van der Waals surface area contributed by atoms with Crippen molar-refractivity contribution >= 4 is 40.3 Å². The van der Waals surface area contributed by atoms with Gasteiger partial charge in [0.05, 0.1) is 24.9 Å². The molecule has 2 aromatic carbocycles. The smallest absolute Gasteiger partial charge is 0.331 e. The van der Waals surface area contributed by atoms with Gasteiger partial charge in [0.1, 0.15) is 11.3 Å². The van der Waals surface area contributed by atoms with E-state index in [1.807, 2.05) is 35.7 Å². The summed E-state index contributed by atoms with van der Waals surface area (Å²) in [6.45, 7) is 6.73. The van der Waals surface area contributed by atoms with Gasteiger partial charge in [0, 0.05) is 30.5 Å². The molecule has 3 heterocycles. The van der Waals surface area contributed by atoms with Crippen molar-refractivity contribution in [3.63, 3.8) is 0 Å². The average Bonchev–Trinajstić information content (AvgIpc) is 3.57. The van der Waals surface area contributed by atoms with Crippen LogP contribution in [0.25, 0.3) is 11.1 Å². The van der Waals surface area contributed by atoms with Gasteiger partial charge in [-0.05, 0) is 35.2 Å². The van der Waals surface area contributed by atoms with Crippen molar-refractivity contribution in [1.82, 2.24) is 14.9 Å². The minimum atomic E-state index is -1.60. The number of aliphatic carboxylic acids is 1. The number of carboxylic acid groups (broad SMARTS) is 1. The number of thiazole rings is 1. The molecule has 1 unspecified atom stereocenters. The number of hydrogen-bond acceptors (Lipinski definition) is 8. The molecular weight excluding hydrogens is 504 g/mol. The van der Waals surface area contributed by atoms with E-state index in [9.17, 15) is 14.7 Å². The SMILES string of the molecule is COc1cc(C(=O)N2CCN(c3nc4ccccc4o3)CC2(Cc2cscn2)C(=O)O)ccc1C(C)(C)C. The fourth-order valence-corrected chi connectivity index (χ4v) is 5.56. The highest BCUT2D eigenvalue weighted by atomic mass is 32.1. The highest BCUT2D eigenvalue weighted by molar-refractivity contribution is 7.07. The third-order valence-electron chi connectivity index (χ3n) is 6.97. The molecule has 2 aromatic heterocycles. The molecule has 1 aliphatic heterocycles. The second kappa shape index (κ2) is 9.75. The minimum Gasteiger partial charge on any atom is -0.496 e. The van der Waals surface area contributed by atoms with E-state index in [1.54, 1.807) is 29.7 Å². The van der Waals surface area contributed by atoms with Crippen LogP contribution in [0, 0.1) is 0 Å². The summed E-state index contributed by atoms with van der Waals surface area (Å²) in [5, 5.41) is 12.5. The summed E-state index contributed by atoms with van der Waals surface area (Å²) in [5.74, 6) is -0.898. The molecule has 0 saturated carbocycles. The normalized spacial score (nSPS) is 18.1. The molecule has 1 fully saturated rings. The van der Waals surface area contributed by atoms with Gasteiger partial charge in [0.15, 0.2) is 11.1 Å². The van der Waals surface area contributed by atoms with Gasteiger partial charge < -0.3 is 24.1 Å². The number of carbonyl (C=O) groups excluding carboxylic acids is 1. The van der Waals surface area contributed by atoms with E-state index < -0.39 is 11.5 Å². The van der Waals surface area contributed by atoms with Gasteiger partial charge in [-0.3, -0.25) is 4.79 Å². The number of carbonyl (C=O) groups is 2. The predicted octanol–water partition coefficient (Wildman–Crippen LogP) is 4.62. The number of methoxy groups -OCH3 is 1. The largest absolute Gasteiger partial charge is 0.496 e. The zero-order chi connectivity index (χ0) is 27.1. The fourth-order valence-electron chi connectivity index (χ4n) is 5.00. The number of nitrogens with zero attached hydrogens (tertiary/aromatic N) is 4. The number of aromatic nitrogens is 2. The minimum absolute atomic E-state index is 0.00433. The van der Waals surface area contributed by atoms with E-state index >= 15 is 0 Å². The predicted molar refractivity (Wildman–Crippen MR) is 145 cm³/mol. The molecule has 1 aliphatic rings. The first-order valence-electron chi connectivity index (χ1n) is 12.3. The maximum Gasteiger partial charge on any atom is 0.331 e. The van der Waals surface area contributed by atoms with Crippen LogP contribution in [0.15, 0.2) is 57.8 Å². The molecule has 0 radical (unpaired) electrons. The van der Waals surface area contributed by atoms with Crippen molar-refractivity contribution in [3.8, 4) is 5.75 Å². The molecule has 9 nitrogen and oxygen atoms in total. The first-order chi connectivity index (χ1) is 18.1. The summed E-state index contributed by atoms with van der Waals surface area (Å²) >= 11 is 1.39. The van der Waals surface area contributed by atoms with E-state index in [-0.39, 0.29) is 30.8 Å². The van der Waals surface area contributed by atoms with Crippen molar-refractivity contribution in [1.29, 1.82) is 0 Å². The number of oxazole rings is 1. The molecule has 0 spiro atoms. The Balaban J connectivity index is 1.55. The molecule has 1 atom stereocenters. The molecule has 1 N–H and O–H groups in total. The molecule has 5 rings (SSSR count). The van der Waals surface area contributed by atoms with Crippen molar-refractivity contribution in [2.45, 2.75) is 38.1 Å². The van der Waals surface area contributed by atoms with Gasteiger partial charge in [0.2, 0.25) is 0 Å². The number of carboxylic acids is 1. The summed E-state index contributed by atoms with van der Waals surface area (Å²) in [5.41, 5.74) is 3.12. The van der Waals surface area contributed by atoms with Crippen molar-refractivity contribution in [3.05, 3.63) is 70.2 Å². The Hall–Kier alpha value is -3.92. The zero-order valence-electron chi connectivity index (χ0n) is 21.8. The molecule has 1 saturated heterocycles. The van der Waals surface area contributed by atoms with E-state index in [2.05, 4.69) is 30.7 Å². The van der Waals surface area contributed by atoms with Crippen LogP contribution in [-0.2, 0) is 16.6 Å². The van der Waals surface area contributed by atoms with Crippen LogP contribution < -0.4 is 9.64 Å². The maximum atomic E-state index is 14.0. The Labute approximate surface area is 224 Å². The van der Waals surface area contributed by atoms with Gasteiger partial charge in [-0.2, -0.15) is 4.98 Å². The van der Waals surface area contributed by atoms with Crippen LogP contribution in [0.1, 0.15) is 42.4 Å². The molecule has 1 amide bonds. The quantitative estimate of drug-likeness (QED) is 0.382. The Kier molecular flexibility index (Phi) is 6.60. The third-order valence-corrected chi connectivity index (χ3v) is 7.61. The maximum absolute atomic E-state index is 14.0. The summed E-state index contributed by atoms with van der Waals surface area (Å²) in [6, 6.07) is 13.0. The summed E-state index contributed by atoms with van der Waals surface area (Å²) < 4.78 is 11.6. The topological polar surface area (TPSA) is 109 Å². The number of rotatable bonds is 6. The molecule has 198 valence electrons. The second-order valence-corrected chi connectivity index (χ2v) is 11.2. The van der Waals surface area contributed by atoms with Crippen LogP contribution in [0.4, 0.5) is 6.01 Å². The van der Waals surface area contributed by atoms with Crippen LogP contribution in [0.2, 0.25) is 0 Å². The highest BCUT2D eigenvalue weighted by Gasteiger charge is 2.52. The number of hydrogen-bond donors (Lipinski definition) is 1. The second-order valence-electron chi connectivity index (χ2n) is 10.5. The first-order valence-corrected chi connectivity index (χ1v) is 13.3. The lowest BCUT2D eigenvalue weighted by Gasteiger charge is -2.47. The van der Waals surface area contributed by atoms with Crippen LogP contribution in [0.5, 0.6) is 5.75 Å². The van der Waals surface area contributed by atoms with Crippen molar-refractivity contribution in [2.75, 3.05) is 31.6 Å². The molecule has 0 aliphatic carbocycles. The summed E-state index contributed by atoms with van der Waals surface area (Å²) in [6.07, 6.45) is 0.0471. The van der Waals surface area contributed by atoms with Gasteiger partial charge in [0.25, 0.3) is 11.9 Å². The average molecular weight is 535 g/mol. The van der Waals surface area contributed by atoms with Crippen LogP contribution in [0.3, 0.4) is 0 Å². The molecular formula is C28H30N4O5S. The summed E-state index contributed by atoms with van der Waals surface area (Å²) in [4.78, 5) is 39.3.